The molecule has 1 aromatic carbocycles. The van der Waals surface area contributed by atoms with Gasteiger partial charge in [0, 0.05) is 6.54 Å². The summed E-state index contributed by atoms with van der Waals surface area (Å²) in [6, 6.07) is 5.76. The number of hydrogen-bond acceptors (Lipinski definition) is 2. The van der Waals surface area contributed by atoms with E-state index in [-0.39, 0.29) is 5.69 Å². The molecule has 0 heterocycles. The summed E-state index contributed by atoms with van der Waals surface area (Å²) in [5.74, 6) is -1.45. The molecule has 20 heavy (non-hydrogen) atoms. The minimum absolute atomic E-state index is 0.0171. The van der Waals surface area contributed by atoms with Crippen LogP contribution in [0.5, 0.6) is 0 Å². The van der Waals surface area contributed by atoms with Crippen molar-refractivity contribution in [1.82, 2.24) is 5.32 Å². The Morgan fingerprint density at radius 2 is 1.85 bits per heavy atom. The molecule has 0 unspecified atom stereocenters. The van der Waals surface area contributed by atoms with Crippen molar-refractivity contribution in [2.24, 2.45) is 5.92 Å². The molecule has 0 saturated heterocycles. The second-order valence-corrected chi connectivity index (χ2v) is 5.13. The third-order valence-corrected chi connectivity index (χ3v) is 3.64. The van der Waals surface area contributed by atoms with Crippen molar-refractivity contribution < 1.29 is 14.0 Å². The monoisotopic (exact) mass is 278 g/mol. The molecule has 2 rings (SSSR count). The van der Waals surface area contributed by atoms with Crippen molar-refractivity contribution >= 4 is 17.5 Å². The fourth-order valence-corrected chi connectivity index (χ4v) is 2.51. The molecular weight excluding hydrogens is 259 g/mol. The molecule has 2 amide bonds. The number of benzene rings is 1. The molecule has 0 aromatic heterocycles. The molecular formula is C15H19FN2O2. The van der Waals surface area contributed by atoms with Crippen LogP contribution in [0.25, 0.3) is 0 Å². The van der Waals surface area contributed by atoms with Gasteiger partial charge >= 0.3 is 11.8 Å². The summed E-state index contributed by atoms with van der Waals surface area (Å²) in [7, 11) is 0. The highest BCUT2D eigenvalue weighted by molar-refractivity contribution is 6.39. The third-order valence-electron chi connectivity index (χ3n) is 3.64. The Morgan fingerprint density at radius 3 is 2.55 bits per heavy atom. The second-order valence-electron chi connectivity index (χ2n) is 5.13. The van der Waals surface area contributed by atoms with Crippen LogP contribution in [0.4, 0.5) is 10.1 Å². The average Bonchev–Trinajstić information content (AvgIpc) is 2.94. The zero-order valence-corrected chi connectivity index (χ0v) is 11.3. The van der Waals surface area contributed by atoms with Crippen molar-refractivity contribution in [3.8, 4) is 0 Å². The molecule has 4 nitrogen and oxygen atoms in total. The van der Waals surface area contributed by atoms with Gasteiger partial charge in [0.2, 0.25) is 0 Å². The number of hydrogen-bond donors (Lipinski definition) is 2. The lowest BCUT2D eigenvalue weighted by Gasteiger charge is -2.10. The van der Waals surface area contributed by atoms with Gasteiger partial charge < -0.3 is 10.6 Å². The number of carbonyl (C=O) groups is 2. The first kappa shape index (κ1) is 14.5. The lowest BCUT2D eigenvalue weighted by atomic mass is 10.0. The predicted octanol–water partition coefficient (Wildman–Crippen LogP) is 2.46. The number of rotatable bonds is 4. The molecule has 0 spiro atoms. The van der Waals surface area contributed by atoms with E-state index in [1.807, 2.05) is 0 Å². The Labute approximate surface area is 117 Å². The van der Waals surface area contributed by atoms with E-state index in [0.717, 1.165) is 6.42 Å². The molecule has 1 aliphatic rings. The quantitative estimate of drug-likeness (QED) is 0.831. The van der Waals surface area contributed by atoms with Crippen LogP contribution in [0.2, 0.25) is 0 Å². The molecule has 0 atom stereocenters. The summed E-state index contributed by atoms with van der Waals surface area (Å²) in [5.41, 5.74) is 0.0171. The van der Waals surface area contributed by atoms with Crippen molar-refractivity contribution in [3.05, 3.63) is 30.1 Å². The Kier molecular flexibility index (Phi) is 5.09. The first-order valence-electron chi connectivity index (χ1n) is 7.00. The van der Waals surface area contributed by atoms with Crippen LogP contribution in [-0.4, -0.2) is 18.4 Å². The van der Waals surface area contributed by atoms with Gasteiger partial charge in [0.1, 0.15) is 5.82 Å². The third kappa shape index (κ3) is 4.05. The highest BCUT2D eigenvalue weighted by atomic mass is 19.1. The highest BCUT2D eigenvalue weighted by Crippen LogP contribution is 2.26. The lowest BCUT2D eigenvalue weighted by molar-refractivity contribution is -0.136. The fraction of sp³-hybridized carbons (Fsp3) is 0.467. The van der Waals surface area contributed by atoms with E-state index < -0.39 is 17.6 Å². The first-order valence-corrected chi connectivity index (χ1v) is 7.00. The van der Waals surface area contributed by atoms with Gasteiger partial charge in [-0.15, -0.1) is 0 Å². The normalized spacial score (nSPS) is 15.1. The van der Waals surface area contributed by atoms with Crippen LogP contribution >= 0.6 is 0 Å². The van der Waals surface area contributed by atoms with Gasteiger partial charge in [0.05, 0.1) is 5.69 Å². The molecule has 1 fully saturated rings. The lowest BCUT2D eigenvalue weighted by Crippen LogP contribution is -2.36. The largest absolute Gasteiger partial charge is 0.348 e. The number of nitrogens with one attached hydrogen (secondary N) is 2. The van der Waals surface area contributed by atoms with Crippen LogP contribution in [0.1, 0.15) is 32.1 Å². The van der Waals surface area contributed by atoms with Crippen molar-refractivity contribution in [1.29, 1.82) is 0 Å². The first-order chi connectivity index (χ1) is 9.66. The van der Waals surface area contributed by atoms with Crippen LogP contribution in [0.15, 0.2) is 24.3 Å². The predicted molar refractivity (Wildman–Crippen MR) is 74.6 cm³/mol. The van der Waals surface area contributed by atoms with E-state index in [1.165, 1.54) is 43.9 Å². The standard InChI is InChI=1S/C15H19FN2O2/c16-12-7-3-4-8-13(12)18-15(20)14(19)17-10-9-11-5-1-2-6-11/h3-4,7-8,11H,1-2,5-6,9-10H2,(H,17,19)(H,18,20). The van der Waals surface area contributed by atoms with Gasteiger partial charge in [0.15, 0.2) is 0 Å². The topological polar surface area (TPSA) is 58.2 Å². The Balaban J connectivity index is 1.74. The number of carbonyl (C=O) groups excluding carboxylic acids is 2. The molecule has 0 radical (unpaired) electrons. The van der Waals surface area contributed by atoms with Crippen LogP contribution in [0.3, 0.4) is 0 Å². The number of anilines is 1. The smallest absolute Gasteiger partial charge is 0.313 e. The maximum Gasteiger partial charge on any atom is 0.313 e. The second kappa shape index (κ2) is 7.03. The molecule has 0 aliphatic heterocycles. The summed E-state index contributed by atoms with van der Waals surface area (Å²) < 4.78 is 13.3. The Morgan fingerprint density at radius 1 is 1.15 bits per heavy atom. The summed E-state index contributed by atoms with van der Waals surface area (Å²) in [6.07, 6.45) is 5.83. The summed E-state index contributed by atoms with van der Waals surface area (Å²) in [4.78, 5) is 23.2. The minimum atomic E-state index is -0.832. The van der Waals surface area contributed by atoms with E-state index in [4.69, 9.17) is 0 Å². The molecule has 5 heteroatoms. The maximum absolute atomic E-state index is 13.3. The fourth-order valence-electron chi connectivity index (χ4n) is 2.51. The van der Waals surface area contributed by atoms with Gasteiger partial charge in [-0.25, -0.2) is 4.39 Å². The average molecular weight is 278 g/mol. The molecule has 1 saturated carbocycles. The zero-order valence-electron chi connectivity index (χ0n) is 11.3. The summed E-state index contributed by atoms with van der Waals surface area (Å²) in [5, 5.41) is 4.84. The van der Waals surface area contributed by atoms with E-state index in [0.29, 0.717) is 12.5 Å². The van der Waals surface area contributed by atoms with E-state index >= 15 is 0 Å². The minimum Gasteiger partial charge on any atom is -0.348 e. The molecule has 0 bridgehead atoms. The van der Waals surface area contributed by atoms with Crippen molar-refractivity contribution in [2.45, 2.75) is 32.1 Å². The molecule has 1 aliphatic carbocycles. The van der Waals surface area contributed by atoms with Gasteiger partial charge in [0.25, 0.3) is 0 Å². The molecule has 2 N–H and O–H groups in total. The van der Waals surface area contributed by atoms with E-state index in [2.05, 4.69) is 10.6 Å². The van der Waals surface area contributed by atoms with Gasteiger partial charge in [-0.1, -0.05) is 37.8 Å². The summed E-state index contributed by atoms with van der Waals surface area (Å²) >= 11 is 0. The van der Waals surface area contributed by atoms with Crippen LogP contribution in [0, 0.1) is 11.7 Å². The molecule has 1 aromatic rings. The number of amides is 2. The van der Waals surface area contributed by atoms with Crippen molar-refractivity contribution in [3.63, 3.8) is 0 Å². The zero-order chi connectivity index (χ0) is 14.4. The summed E-state index contributed by atoms with van der Waals surface area (Å²) in [6.45, 7) is 0.494. The maximum atomic E-state index is 13.3. The van der Waals surface area contributed by atoms with Gasteiger partial charge in [-0.05, 0) is 24.5 Å². The van der Waals surface area contributed by atoms with Gasteiger partial charge in [-0.3, -0.25) is 9.59 Å². The Hall–Kier alpha value is -1.91. The van der Waals surface area contributed by atoms with E-state index in [1.54, 1.807) is 6.07 Å². The highest BCUT2D eigenvalue weighted by Gasteiger charge is 2.17. The van der Waals surface area contributed by atoms with Gasteiger partial charge in [-0.2, -0.15) is 0 Å². The Bertz CT molecular complexity index is 485. The molecule has 108 valence electrons. The van der Waals surface area contributed by atoms with Crippen molar-refractivity contribution in [2.75, 3.05) is 11.9 Å². The van der Waals surface area contributed by atoms with Crippen LogP contribution in [-0.2, 0) is 9.59 Å². The number of para-hydroxylation sites is 1. The van der Waals surface area contributed by atoms with E-state index in [9.17, 15) is 14.0 Å². The number of halogens is 1. The SMILES string of the molecule is O=C(NCCC1CCCC1)C(=O)Nc1ccccc1F. The van der Waals surface area contributed by atoms with Crippen LogP contribution < -0.4 is 10.6 Å².